The van der Waals surface area contributed by atoms with Crippen molar-refractivity contribution in [3.8, 4) is 5.88 Å². The van der Waals surface area contributed by atoms with Crippen LogP contribution in [0.4, 0.5) is 5.69 Å². The minimum Gasteiger partial charge on any atom is -0.493 e. The molecule has 1 atom stereocenters. The second-order valence-corrected chi connectivity index (χ2v) is 8.03. The monoisotopic (exact) mass is 362 g/mol. The number of hydrogen-bond acceptors (Lipinski definition) is 5. The lowest BCUT2D eigenvalue weighted by atomic mass is 9.81. The van der Waals surface area contributed by atoms with Crippen molar-refractivity contribution in [1.82, 2.24) is 9.88 Å². The summed E-state index contributed by atoms with van der Waals surface area (Å²) in [6.07, 6.45) is 5.67. The molecular formula is C22H26N4O. The van der Waals surface area contributed by atoms with Gasteiger partial charge in [0.1, 0.15) is 0 Å². The third-order valence-electron chi connectivity index (χ3n) is 5.41. The van der Waals surface area contributed by atoms with E-state index in [1.54, 1.807) is 12.3 Å². The number of aryl methyl sites for hydroxylation is 1. The predicted molar refractivity (Wildman–Crippen MR) is 108 cm³/mol. The Morgan fingerprint density at radius 2 is 2.07 bits per heavy atom. The third-order valence-corrected chi connectivity index (χ3v) is 5.41. The lowest BCUT2D eigenvalue weighted by Gasteiger charge is -2.26. The number of aromatic nitrogens is 1. The van der Waals surface area contributed by atoms with Crippen molar-refractivity contribution in [2.24, 2.45) is 10.9 Å². The van der Waals surface area contributed by atoms with Gasteiger partial charge in [-0.25, -0.2) is 9.98 Å². The zero-order valence-corrected chi connectivity index (χ0v) is 16.4. The number of aromatic hydroxyl groups is 1. The normalized spacial score (nSPS) is 15.7. The van der Waals surface area contributed by atoms with Gasteiger partial charge < -0.3 is 15.7 Å². The lowest BCUT2D eigenvalue weighted by molar-refractivity contribution is 0.338. The number of fused-ring (bicyclic) bond motifs is 4. The maximum atomic E-state index is 9.75. The van der Waals surface area contributed by atoms with Gasteiger partial charge in [0.15, 0.2) is 0 Å². The number of allylic oxidation sites excluding steroid dienone is 2. The Kier molecular flexibility index (Phi) is 4.27. The second kappa shape index (κ2) is 6.50. The Labute approximate surface area is 159 Å². The van der Waals surface area contributed by atoms with E-state index in [-0.39, 0.29) is 5.88 Å². The number of nitrogens with zero attached hydrogens (tertiary/aromatic N) is 3. The van der Waals surface area contributed by atoms with Crippen molar-refractivity contribution in [2.75, 3.05) is 26.4 Å². The summed E-state index contributed by atoms with van der Waals surface area (Å²) in [5.41, 5.74) is 14.4. The van der Waals surface area contributed by atoms with E-state index in [0.717, 1.165) is 46.9 Å². The third kappa shape index (κ3) is 3.02. The van der Waals surface area contributed by atoms with Gasteiger partial charge in [0, 0.05) is 35.3 Å². The smallest absolute Gasteiger partial charge is 0.212 e. The average Bonchev–Trinajstić information content (AvgIpc) is 2.94. The van der Waals surface area contributed by atoms with E-state index in [2.05, 4.69) is 50.0 Å². The summed E-state index contributed by atoms with van der Waals surface area (Å²) in [7, 11) is 4.20. The summed E-state index contributed by atoms with van der Waals surface area (Å²) in [5, 5.41) is 11.5. The molecule has 1 unspecified atom stereocenters. The summed E-state index contributed by atoms with van der Waals surface area (Å²) in [6.45, 7) is 5.41. The molecule has 1 aliphatic carbocycles. The SMILES string of the molecule is Cc1cc(N)c(CC(C)CN(C)C)c2c1CC=C1N=c3cc(O)ncc3=C12. The van der Waals surface area contributed by atoms with Gasteiger partial charge in [-0.15, -0.1) is 0 Å². The topological polar surface area (TPSA) is 74.7 Å². The molecule has 1 aliphatic heterocycles. The Morgan fingerprint density at radius 1 is 1.30 bits per heavy atom. The summed E-state index contributed by atoms with van der Waals surface area (Å²) in [5.74, 6) is 0.487. The molecule has 5 heteroatoms. The van der Waals surface area contributed by atoms with Gasteiger partial charge in [0.2, 0.25) is 5.88 Å². The van der Waals surface area contributed by atoms with Gasteiger partial charge in [0.05, 0.1) is 11.1 Å². The largest absolute Gasteiger partial charge is 0.493 e. The molecule has 0 amide bonds. The zero-order chi connectivity index (χ0) is 19.3. The molecule has 0 saturated heterocycles. The van der Waals surface area contributed by atoms with Crippen LogP contribution in [0.25, 0.3) is 5.57 Å². The molecule has 2 aliphatic rings. The van der Waals surface area contributed by atoms with Crippen molar-refractivity contribution in [1.29, 1.82) is 0 Å². The van der Waals surface area contributed by atoms with E-state index in [4.69, 9.17) is 10.7 Å². The molecule has 0 bridgehead atoms. The van der Waals surface area contributed by atoms with E-state index in [1.807, 2.05) is 0 Å². The predicted octanol–water partition coefficient (Wildman–Crippen LogP) is 1.69. The van der Waals surface area contributed by atoms with Crippen LogP contribution in [-0.4, -0.2) is 35.6 Å². The Bertz CT molecular complexity index is 1080. The molecule has 5 nitrogen and oxygen atoms in total. The van der Waals surface area contributed by atoms with Crippen molar-refractivity contribution < 1.29 is 5.11 Å². The van der Waals surface area contributed by atoms with Crippen LogP contribution in [-0.2, 0) is 12.8 Å². The Hall–Kier alpha value is -2.66. The van der Waals surface area contributed by atoms with Crippen LogP contribution in [0.1, 0.15) is 29.2 Å². The quantitative estimate of drug-likeness (QED) is 0.812. The fourth-order valence-corrected chi connectivity index (χ4v) is 4.40. The number of pyridine rings is 1. The number of anilines is 1. The van der Waals surface area contributed by atoms with E-state index in [0.29, 0.717) is 5.92 Å². The number of rotatable bonds is 4. The van der Waals surface area contributed by atoms with Gasteiger partial charge in [0.25, 0.3) is 0 Å². The molecule has 27 heavy (non-hydrogen) atoms. The standard InChI is InChI=1S/C22H26N4O/c1-12(11-26(3)4)7-15-17(23)8-13(2)14-5-6-18-22(21(14)15)16-10-24-20(27)9-19(16)25-18/h6,8-10,12,27H,5,7,11,23H2,1-4H3. The maximum Gasteiger partial charge on any atom is 0.212 e. The Morgan fingerprint density at radius 3 is 2.81 bits per heavy atom. The van der Waals surface area contributed by atoms with Crippen molar-refractivity contribution in [2.45, 2.75) is 26.7 Å². The highest BCUT2D eigenvalue weighted by Gasteiger charge is 2.27. The molecule has 2 aromatic rings. The van der Waals surface area contributed by atoms with E-state index in [9.17, 15) is 5.11 Å². The number of nitrogens with two attached hydrogens (primary N) is 1. The molecule has 1 aromatic carbocycles. The molecule has 4 rings (SSSR count). The van der Waals surface area contributed by atoms with E-state index >= 15 is 0 Å². The molecular weight excluding hydrogens is 336 g/mol. The summed E-state index contributed by atoms with van der Waals surface area (Å²) >= 11 is 0. The van der Waals surface area contributed by atoms with Crippen LogP contribution in [0.15, 0.2) is 35.1 Å². The molecule has 3 N–H and O–H groups in total. The number of nitrogen functional groups attached to an aromatic ring is 1. The molecule has 1 aromatic heterocycles. The van der Waals surface area contributed by atoms with E-state index in [1.165, 1.54) is 22.3 Å². The Balaban J connectivity index is 1.96. The second-order valence-electron chi connectivity index (χ2n) is 8.03. The molecule has 2 heterocycles. The highest BCUT2D eigenvalue weighted by Crippen LogP contribution is 2.39. The first-order valence-electron chi connectivity index (χ1n) is 9.39. The van der Waals surface area contributed by atoms with Crippen LogP contribution in [0.5, 0.6) is 5.88 Å². The number of benzene rings is 1. The first-order chi connectivity index (χ1) is 12.8. The van der Waals surface area contributed by atoms with Crippen LogP contribution in [0.3, 0.4) is 0 Å². The highest BCUT2D eigenvalue weighted by atomic mass is 16.3. The van der Waals surface area contributed by atoms with Crippen LogP contribution in [0.2, 0.25) is 0 Å². The van der Waals surface area contributed by atoms with Crippen molar-refractivity contribution >= 4 is 11.3 Å². The highest BCUT2D eigenvalue weighted by molar-refractivity contribution is 5.87. The minimum absolute atomic E-state index is 0.00107. The number of hydrogen-bond donors (Lipinski definition) is 2. The molecule has 0 fully saturated rings. The van der Waals surface area contributed by atoms with Crippen LogP contribution in [0, 0.1) is 12.8 Å². The summed E-state index contributed by atoms with van der Waals surface area (Å²) in [6, 6.07) is 3.74. The zero-order valence-electron chi connectivity index (χ0n) is 16.4. The summed E-state index contributed by atoms with van der Waals surface area (Å²) in [4.78, 5) is 11.1. The summed E-state index contributed by atoms with van der Waals surface area (Å²) < 4.78 is 0. The molecule has 140 valence electrons. The average molecular weight is 362 g/mol. The lowest BCUT2D eigenvalue weighted by Crippen LogP contribution is -2.26. The van der Waals surface area contributed by atoms with Crippen LogP contribution >= 0.6 is 0 Å². The molecule has 0 radical (unpaired) electrons. The van der Waals surface area contributed by atoms with Crippen LogP contribution < -0.4 is 16.3 Å². The maximum absolute atomic E-state index is 9.75. The van der Waals surface area contributed by atoms with Gasteiger partial charge in [-0.05, 0) is 68.1 Å². The molecule has 0 spiro atoms. The van der Waals surface area contributed by atoms with Gasteiger partial charge in [-0.3, -0.25) is 0 Å². The first kappa shape index (κ1) is 17.7. The van der Waals surface area contributed by atoms with Gasteiger partial charge in [-0.2, -0.15) is 0 Å². The van der Waals surface area contributed by atoms with Gasteiger partial charge >= 0.3 is 0 Å². The van der Waals surface area contributed by atoms with E-state index < -0.39 is 0 Å². The van der Waals surface area contributed by atoms with Gasteiger partial charge in [-0.1, -0.05) is 13.0 Å². The fourth-order valence-electron chi connectivity index (χ4n) is 4.40. The van der Waals surface area contributed by atoms with Crippen molar-refractivity contribution in [3.05, 3.63) is 62.9 Å². The fraction of sp³-hybridized carbons (Fsp3) is 0.364. The molecule has 0 saturated carbocycles. The van der Waals surface area contributed by atoms with Crippen molar-refractivity contribution in [3.63, 3.8) is 0 Å². The minimum atomic E-state index is 0.00107. The first-order valence-corrected chi connectivity index (χ1v) is 9.39.